The Bertz CT molecular complexity index is 590. The maximum Gasteiger partial charge on any atom is 0.244 e. The van der Waals surface area contributed by atoms with E-state index in [0.29, 0.717) is 13.1 Å². The molecule has 0 spiro atoms. The summed E-state index contributed by atoms with van der Waals surface area (Å²) in [7, 11) is 0.368. The molecule has 20 heavy (non-hydrogen) atoms. The van der Waals surface area contributed by atoms with Crippen molar-refractivity contribution in [1.29, 1.82) is 0 Å². The first-order chi connectivity index (χ1) is 9.36. The van der Waals surface area contributed by atoms with E-state index in [2.05, 4.69) is 0 Å². The highest BCUT2D eigenvalue weighted by molar-refractivity contribution is 7.89. The van der Waals surface area contributed by atoms with Crippen LogP contribution in [0.3, 0.4) is 0 Å². The van der Waals surface area contributed by atoms with Crippen LogP contribution in [0.15, 0.2) is 23.1 Å². The van der Waals surface area contributed by atoms with E-state index in [1.807, 2.05) is 19.0 Å². The Morgan fingerprint density at radius 1 is 1.40 bits per heavy atom. The van der Waals surface area contributed by atoms with E-state index in [1.165, 1.54) is 4.31 Å². The van der Waals surface area contributed by atoms with E-state index in [-0.39, 0.29) is 21.8 Å². The molecule has 0 saturated carbocycles. The summed E-state index contributed by atoms with van der Waals surface area (Å²) in [6.45, 7) is 1.02. The smallest absolute Gasteiger partial charge is 0.244 e. The molecular formula is C13H18Cl2N2O2S. The predicted molar refractivity (Wildman–Crippen MR) is 81.9 cm³/mol. The summed E-state index contributed by atoms with van der Waals surface area (Å²) in [5.41, 5.74) is 0.748. The topological polar surface area (TPSA) is 40.6 Å². The standard InChI is InChI=1S/C13H18Cl2N2O2S/c1-16(2)11-5-6-17(9-11)20(18,19)13-7-10(8-14)3-4-12(13)15/h3-4,7,11H,5-6,8-9H2,1-2H3. The second-order valence-electron chi connectivity index (χ2n) is 5.17. The normalized spacial score (nSPS) is 20.8. The Balaban J connectivity index is 2.32. The van der Waals surface area contributed by atoms with Gasteiger partial charge < -0.3 is 4.90 Å². The average molecular weight is 337 g/mol. The Labute approximate surface area is 130 Å². The van der Waals surface area contributed by atoms with Gasteiger partial charge in [0.15, 0.2) is 0 Å². The van der Waals surface area contributed by atoms with Gasteiger partial charge in [0.2, 0.25) is 10.0 Å². The van der Waals surface area contributed by atoms with Crippen molar-refractivity contribution >= 4 is 33.2 Å². The average Bonchev–Trinajstić information content (AvgIpc) is 2.89. The number of nitrogens with zero attached hydrogens (tertiary/aromatic N) is 2. The lowest BCUT2D eigenvalue weighted by molar-refractivity contribution is 0.302. The summed E-state index contributed by atoms with van der Waals surface area (Å²) in [4.78, 5) is 2.20. The molecule has 1 aliphatic heterocycles. The molecule has 1 aromatic rings. The molecule has 7 heteroatoms. The molecule has 1 unspecified atom stereocenters. The summed E-state index contributed by atoms with van der Waals surface area (Å²) >= 11 is 11.8. The van der Waals surface area contributed by atoms with E-state index >= 15 is 0 Å². The number of sulfonamides is 1. The highest BCUT2D eigenvalue weighted by atomic mass is 35.5. The van der Waals surface area contributed by atoms with Gasteiger partial charge in [-0.1, -0.05) is 17.7 Å². The van der Waals surface area contributed by atoms with Gasteiger partial charge in [0.1, 0.15) is 4.90 Å². The van der Waals surface area contributed by atoms with Gasteiger partial charge in [0.25, 0.3) is 0 Å². The van der Waals surface area contributed by atoms with E-state index in [1.54, 1.807) is 18.2 Å². The summed E-state index contributed by atoms with van der Waals surface area (Å²) in [6, 6.07) is 5.14. The molecule has 1 aromatic carbocycles. The van der Waals surface area contributed by atoms with Gasteiger partial charge in [-0.05, 0) is 38.2 Å². The minimum absolute atomic E-state index is 0.150. The summed E-state index contributed by atoms with van der Waals surface area (Å²) in [5.74, 6) is 0.264. The van der Waals surface area contributed by atoms with Gasteiger partial charge >= 0.3 is 0 Å². The number of benzene rings is 1. The Hall–Kier alpha value is -0.330. The van der Waals surface area contributed by atoms with Gasteiger partial charge in [-0.15, -0.1) is 11.6 Å². The number of halogens is 2. The number of rotatable bonds is 4. The molecule has 1 fully saturated rings. The van der Waals surface area contributed by atoms with Crippen LogP contribution in [0.4, 0.5) is 0 Å². The van der Waals surface area contributed by atoms with Crippen molar-refractivity contribution in [3.63, 3.8) is 0 Å². The van der Waals surface area contributed by atoms with E-state index < -0.39 is 10.0 Å². The van der Waals surface area contributed by atoms with Crippen molar-refractivity contribution in [2.45, 2.75) is 23.2 Å². The third-order valence-corrected chi connectivity index (χ3v) is 6.28. The zero-order chi connectivity index (χ0) is 14.9. The van der Waals surface area contributed by atoms with Crippen LogP contribution in [0.5, 0.6) is 0 Å². The zero-order valence-corrected chi connectivity index (χ0v) is 13.8. The highest BCUT2D eigenvalue weighted by Gasteiger charge is 2.34. The summed E-state index contributed by atoms with van der Waals surface area (Å²) in [5, 5.41) is 0.243. The maximum absolute atomic E-state index is 12.7. The monoisotopic (exact) mass is 336 g/mol. The predicted octanol–water partition coefficient (Wildman–Crippen LogP) is 2.40. The van der Waals surface area contributed by atoms with Crippen molar-refractivity contribution < 1.29 is 8.42 Å². The third kappa shape index (κ3) is 3.12. The second-order valence-corrected chi connectivity index (χ2v) is 7.75. The molecule has 4 nitrogen and oxygen atoms in total. The van der Waals surface area contributed by atoms with E-state index in [9.17, 15) is 8.42 Å². The molecule has 1 saturated heterocycles. The first-order valence-electron chi connectivity index (χ1n) is 6.37. The highest BCUT2D eigenvalue weighted by Crippen LogP contribution is 2.29. The maximum atomic E-state index is 12.7. The van der Waals surface area contributed by atoms with Crippen molar-refractivity contribution in [3.8, 4) is 0 Å². The van der Waals surface area contributed by atoms with Gasteiger partial charge in [-0.25, -0.2) is 8.42 Å². The molecule has 2 rings (SSSR count). The van der Waals surface area contributed by atoms with Crippen LogP contribution in [0.25, 0.3) is 0 Å². The van der Waals surface area contributed by atoms with Crippen LogP contribution in [0, 0.1) is 0 Å². The minimum atomic E-state index is -3.55. The lowest BCUT2D eigenvalue weighted by atomic mass is 10.2. The summed E-state index contributed by atoms with van der Waals surface area (Å²) in [6.07, 6.45) is 0.832. The molecule has 1 heterocycles. The van der Waals surface area contributed by atoms with Crippen molar-refractivity contribution in [2.24, 2.45) is 0 Å². The van der Waals surface area contributed by atoms with Crippen LogP contribution in [-0.4, -0.2) is 50.8 Å². The molecule has 0 aromatic heterocycles. The first-order valence-corrected chi connectivity index (χ1v) is 8.72. The zero-order valence-electron chi connectivity index (χ0n) is 11.5. The summed E-state index contributed by atoms with van der Waals surface area (Å²) < 4.78 is 26.8. The van der Waals surface area contributed by atoms with E-state index in [4.69, 9.17) is 23.2 Å². The molecule has 0 bridgehead atoms. The Kier molecular flexibility index (Phi) is 4.97. The van der Waals surface area contributed by atoms with Crippen molar-refractivity contribution in [3.05, 3.63) is 28.8 Å². The van der Waals surface area contributed by atoms with Crippen molar-refractivity contribution in [2.75, 3.05) is 27.2 Å². The SMILES string of the molecule is CN(C)C1CCN(S(=O)(=O)c2cc(CCl)ccc2Cl)C1. The molecule has 0 N–H and O–H groups in total. The first kappa shape index (κ1) is 16.0. The van der Waals surface area contributed by atoms with E-state index in [0.717, 1.165) is 12.0 Å². The fraction of sp³-hybridized carbons (Fsp3) is 0.538. The lowest BCUT2D eigenvalue weighted by Crippen LogP contribution is -2.34. The Morgan fingerprint density at radius 3 is 2.65 bits per heavy atom. The molecule has 0 aliphatic carbocycles. The fourth-order valence-electron chi connectivity index (χ4n) is 2.32. The fourth-order valence-corrected chi connectivity index (χ4v) is 4.50. The largest absolute Gasteiger partial charge is 0.305 e. The van der Waals surface area contributed by atoms with Gasteiger partial charge in [0.05, 0.1) is 5.02 Å². The minimum Gasteiger partial charge on any atom is -0.305 e. The molecule has 0 radical (unpaired) electrons. The molecular weight excluding hydrogens is 319 g/mol. The van der Waals surface area contributed by atoms with Crippen LogP contribution in [0.2, 0.25) is 5.02 Å². The van der Waals surface area contributed by atoms with Crippen LogP contribution < -0.4 is 0 Å². The van der Waals surface area contributed by atoms with Gasteiger partial charge in [0, 0.05) is 25.0 Å². The van der Waals surface area contributed by atoms with Crippen molar-refractivity contribution in [1.82, 2.24) is 9.21 Å². The second kappa shape index (κ2) is 6.20. The number of hydrogen-bond donors (Lipinski definition) is 0. The lowest BCUT2D eigenvalue weighted by Gasteiger charge is -2.21. The molecule has 1 atom stereocenters. The molecule has 0 amide bonds. The van der Waals surface area contributed by atoms with Crippen LogP contribution >= 0.6 is 23.2 Å². The van der Waals surface area contributed by atoms with Gasteiger partial charge in [-0.2, -0.15) is 4.31 Å². The number of hydrogen-bond acceptors (Lipinski definition) is 3. The van der Waals surface area contributed by atoms with Crippen LogP contribution in [-0.2, 0) is 15.9 Å². The Morgan fingerprint density at radius 2 is 2.10 bits per heavy atom. The quantitative estimate of drug-likeness (QED) is 0.792. The van der Waals surface area contributed by atoms with Crippen LogP contribution in [0.1, 0.15) is 12.0 Å². The van der Waals surface area contributed by atoms with Gasteiger partial charge in [-0.3, -0.25) is 0 Å². The molecule has 112 valence electrons. The number of alkyl halides is 1. The molecule has 1 aliphatic rings. The third-order valence-electron chi connectivity index (χ3n) is 3.62. The number of likely N-dealkylation sites (N-methyl/N-ethyl adjacent to an activating group) is 1.